The number of hydrogen-bond acceptors (Lipinski definition) is 3. The summed E-state index contributed by atoms with van der Waals surface area (Å²) in [5, 5.41) is 3.48. The first-order valence-corrected chi connectivity index (χ1v) is 7.66. The van der Waals surface area contributed by atoms with Crippen molar-refractivity contribution in [2.45, 2.75) is 6.92 Å². The van der Waals surface area contributed by atoms with Crippen molar-refractivity contribution in [1.29, 1.82) is 0 Å². The van der Waals surface area contributed by atoms with Crippen molar-refractivity contribution in [3.05, 3.63) is 30.1 Å². The van der Waals surface area contributed by atoms with Crippen molar-refractivity contribution in [3.63, 3.8) is 0 Å². The highest BCUT2D eigenvalue weighted by atomic mass is 19.1. The summed E-state index contributed by atoms with van der Waals surface area (Å²) in [6.45, 7) is 10.2. The smallest absolute Gasteiger partial charge is 0.123 e. The fourth-order valence-corrected chi connectivity index (χ4v) is 3.28. The summed E-state index contributed by atoms with van der Waals surface area (Å²) in [4.78, 5) is 4.93. The average Bonchev–Trinajstić information content (AvgIpc) is 2.86. The maximum Gasteiger partial charge on any atom is 0.123 e. The number of nitrogens with one attached hydrogen (secondary N) is 1. The molecule has 2 fully saturated rings. The first-order valence-electron chi connectivity index (χ1n) is 7.66. The molecular weight excluding hydrogens is 253 g/mol. The molecule has 0 radical (unpaired) electrons. The van der Waals surface area contributed by atoms with Crippen molar-refractivity contribution in [3.8, 4) is 0 Å². The summed E-state index contributed by atoms with van der Waals surface area (Å²) >= 11 is 0. The molecule has 3 rings (SSSR count). The van der Waals surface area contributed by atoms with Crippen LogP contribution in [0.2, 0.25) is 0 Å². The van der Waals surface area contributed by atoms with Crippen LogP contribution in [0.25, 0.3) is 0 Å². The van der Waals surface area contributed by atoms with E-state index in [9.17, 15) is 4.39 Å². The van der Waals surface area contributed by atoms with Crippen LogP contribution >= 0.6 is 0 Å². The monoisotopic (exact) mass is 277 g/mol. The summed E-state index contributed by atoms with van der Waals surface area (Å²) in [5.74, 6) is 1.44. The lowest BCUT2D eigenvalue weighted by Crippen LogP contribution is -2.48. The van der Waals surface area contributed by atoms with Crippen LogP contribution in [-0.4, -0.2) is 50.7 Å². The SMILES string of the molecule is C[C@@H]1CNC[C@H]1CN1CCN(c2ccc(F)cc2)CC1. The molecule has 4 heteroatoms. The molecule has 0 aliphatic carbocycles. The summed E-state index contributed by atoms with van der Waals surface area (Å²) in [6.07, 6.45) is 0. The molecule has 1 aromatic rings. The van der Waals surface area contributed by atoms with E-state index in [1.807, 2.05) is 12.1 Å². The Hall–Kier alpha value is -1.13. The minimum Gasteiger partial charge on any atom is -0.369 e. The first kappa shape index (κ1) is 13.8. The van der Waals surface area contributed by atoms with Crippen LogP contribution in [0.15, 0.2) is 24.3 Å². The molecule has 2 heterocycles. The largest absolute Gasteiger partial charge is 0.369 e. The summed E-state index contributed by atoms with van der Waals surface area (Å²) < 4.78 is 12.9. The maximum absolute atomic E-state index is 12.9. The fourth-order valence-electron chi connectivity index (χ4n) is 3.28. The van der Waals surface area contributed by atoms with Crippen LogP contribution in [-0.2, 0) is 0 Å². The number of benzene rings is 1. The minimum atomic E-state index is -0.157. The van der Waals surface area contributed by atoms with Crippen molar-refractivity contribution in [2.75, 3.05) is 50.7 Å². The molecule has 0 saturated carbocycles. The molecule has 0 bridgehead atoms. The Labute approximate surface area is 120 Å². The predicted molar refractivity (Wildman–Crippen MR) is 80.6 cm³/mol. The molecule has 2 aliphatic rings. The normalized spacial score (nSPS) is 28.0. The van der Waals surface area contributed by atoms with Gasteiger partial charge in [-0.1, -0.05) is 6.92 Å². The van der Waals surface area contributed by atoms with Gasteiger partial charge < -0.3 is 10.2 Å². The van der Waals surface area contributed by atoms with Gasteiger partial charge in [0.2, 0.25) is 0 Å². The van der Waals surface area contributed by atoms with Crippen LogP contribution in [0.3, 0.4) is 0 Å². The predicted octanol–water partition coefficient (Wildman–Crippen LogP) is 1.80. The van der Waals surface area contributed by atoms with E-state index in [2.05, 4.69) is 22.0 Å². The van der Waals surface area contributed by atoms with Gasteiger partial charge in [-0.3, -0.25) is 4.90 Å². The highest BCUT2D eigenvalue weighted by Crippen LogP contribution is 2.20. The molecule has 1 aromatic carbocycles. The van der Waals surface area contributed by atoms with E-state index in [1.54, 1.807) is 12.1 Å². The first-order chi connectivity index (χ1) is 9.72. The second kappa shape index (κ2) is 6.10. The molecule has 0 unspecified atom stereocenters. The van der Waals surface area contributed by atoms with Crippen molar-refractivity contribution >= 4 is 5.69 Å². The zero-order valence-corrected chi connectivity index (χ0v) is 12.2. The van der Waals surface area contributed by atoms with Crippen molar-refractivity contribution in [2.24, 2.45) is 11.8 Å². The number of halogens is 1. The zero-order valence-electron chi connectivity index (χ0n) is 12.2. The van der Waals surface area contributed by atoms with E-state index in [0.29, 0.717) is 0 Å². The van der Waals surface area contributed by atoms with Crippen LogP contribution in [0.4, 0.5) is 10.1 Å². The number of nitrogens with zero attached hydrogens (tertiary/aromatic N) is 2. The molecule has 0 amide bonds. The molecule has 0 aromatic heterocycles. The van der Waals surface area contributed by atoms with Crippen LogP contribution < -0.4 is 10.2 Å². The second-order valence-electron chi connectivity index (χ2n) is 6.16. The van der Waals surface area contributed by atoms with Crippen LogP contribution in [0.5, 0.6) is 0 Å². The Morgan fingerprint density at radius 3 is 2.40 bits per heavy atom. The maximum atomic E-state index is 12.9. The molecule has 2 aliphatic heterocycles. The Bertz CT molecular complexity index is 426. The van der Waals surface area contributed by atoms with Gasteiger partial charge in [-0.05, 0) is 49.2 Å². The van der Waals surface area contributed by atoms with Gasteiger partial charge in [0.25, 0.3) is 0 Å². The van der Waals surface area contributed by atoms with Crippen molar-refractivity contribution < 1.29 is 4.39 Å². The van der Waals surface area contributed by atoms with Gasteiger partial charge in [0.1, 0.15) is 5.82 Å². The second-order valence-corrected chi connectivity index (χ2v) is 6.16. The quantitative estimate of drug-likeness (QED) is 0.909. The topological polar surface area (TPSA) is 18.5 Å². The standard InChI is InChI=1S/C16H24FN3/c1-13-10-18-11-14(13)12-19-6-8-20(9-7-19)16-4-2-15(17)3-5-16/h2-5,13-14,18H,6-12H2,1H3/t13-,14+/m1/s1. The number of hydrogen-bond donors (Lipinski definition) is 1. The Balaban J connectivity index is 1.50. The van der Waals surface area contributed by atoms with E-state index in [-0.39, 0.29) is 5.82 Å². The molecule has 0 spiro atoms. The molecule has 110 valence electrons. The lowest BCUT2D eigenvalue weighted by atomic mass is 9.97. The van der Waals surface area contributed by atoms with Gasteiger partial charge in [0, 0.05) is 38.4 Å². The third kappa shape index (κ3) is 3.13. The van der Waals surface area contributed by atoms with E-state index < -0.39 is 0 Å². The lowest BCUT2D eigenvalue weighted by molar-refractivity contribution is 0.208. The van der Waals surface area contributed by atoms with E-state index in [4.69, 9.17) is 0 Å². The summed E-state index contributed by atoms with van der Waals surface area (Å²) in [5.41, 5.74) is 1.14. The zero-order chi connectivity index (χ0) is 13.9. The van der Waals surface area contributed by atoms with Crippen molar-refractivity contribution in [1.82, 2.24) is 10.2 Å². The molecule has 1 N–H and O–H groups in total. The van der Waals surface area contributed by atoms with E-state index in [0.717, 1.165) is 43.7 Å². The van der Waals surface area contributed by atoms with Gasteiger partial charge in [0.15, 0.2) is 0 Å². The van der Waals surface area contributed by atoms with Gasteiger partial charge in [-0.25, -0.2) is 4.39 Å². The van der Waals surface area contributed by atoms with E-state index >= 15 is 0 Å². The minimum absolute atomic E-state index is 0.157. The molecule has 3 nitrogen and oxygen atoms in total. The third-order valence-electron chi connectivity index (χ3n) is 4.73. The van der Waals surface area contributed by atoms with Gasteiger partial charge in [0.05, 0.1) is 0 Å². The Morgan fingerprint density at radius 2 is 1.80 bits per heavy atom. The Kier molecular flexibility index (Phi) is 4.22. The average molecular weight is 277 g/mol. The number of piperazine rings is 1. The number of rotatable bonds is 3. The third-order valence-corrected chi connectivity index (χ3v) is 4.73. The molecule has 20 heavy (non-hydrogen) atoms. The molecule has 2 saturated heterocycles. The number of anilines is 1. The van der Waals surface area contributed by atoms with Gasteiger partial charge in [-0.15, -0.1) is 0 Å². The van der Waals surface area contributed by atoms with Gasteiger partial charge >= 0.3 is 0 Å². The summed E-state index contributed by atoms with van der Waals surface area (Å²) in [7, 11) is 0. The summed E-state index contributed by atoms with van der Waals surface area (Å²) in [6, 6.07) is 6.86. The highest BCUT2D eigenvalue weighted by molar-refractivity contribution is 5.46. The fraction of sp³-hybridized carbons (Fsp3) is 0.625. The Morgan fingerprint density at radius 1 is 1.10 bits per heavy atom. The van der Waals surface area contributed by atoms with E-state index in [1.165, 1.54) is 19.6 Å². The molecular formula is C16H24FN3. The van der Waals surface area contributed by atoms with Gasteiger partial charge in [-0.2, -0.15) is 0 Å². The molecule has 2 atom stereocenters. The highest BCUT2D eigenvalue weighted by Gasteiger charge is 2.26. The van der Waals surface area contributed by atoms with Crippen LogP contribution in [0, 0.1) is 17.7 Å². The van der Waals surface area contributed by atoms with Crippen LogP contribution in [0.1, 0.15) is 6.92 Å². The lowest BCUT2D eigenvalue weighted by Gasteiger charge is -2.37.